The molecule has 166 valence electrons. The number of hydrogen-bond donors (Lipinski definition) is 1. The summed E-state index contributed by atoms with van der Waals surface area (Å²) in [6.45, 7) is 0. The molecule has 0 fully saturated rings. The minimum absolute atomic E-state index is 0.103. The van der Waals surface area contributed by atoms with Gasteiger partial charge in [-0.05, 0) is 16.7 Å². The van der Waals surface area contributed by atoms with Gasteiger partial charge in [-0.2, -0.15) is 0 Å². The highest BCUT2D eigenvalue weighted by Crippen LogP contribution is 2.40. The second-order valence-electron chi connectivity index (χ2n) is 7.91. The number of rotatable bonds is 9. The summed E-state index contributed by atoms with van der Waals surface area (Å²) in [7, 11) is 1.46. The maximum atomic E-state index is 11.7. The fourth-order valence-electron chi connectivity index (χ4n) is 4.31. The minimum Gasteiger partial charge on any atom is -0.480 e. The average Bonchev–Trinajstić information content (AvgIpc) is 3.33. The second-order valence-corrected chi connectivity index (χ2v) is 7.91. The van der Waals surface area contributed by atoms with Crippen LogP contribution >= 0.6 is 0 Å². The molecule has 0 spiro atoms. The molecule has 0 saturated heterocycles. The quantitative estimate of drug-likeness (QED) is 0.318. The summed E-state index contributed by atoms with van der Waals surface area (Å²) in [5, 5.41) is 9.60. The van der Waals surface area contributed by atoms with Crippen molar-refractivity contribution in [2.24, 2.45) is 0 Å². The Morgan fingerprint density at radius 3 is 1.79 bits per heavy atom. The first-order chi connectivity index (χ1) is 16.1. The van der Waals surface area contributed by atoms with Gasteiger partial charge in [0.15, 0.2) is 0 Å². The van der Waals surface area contributed by atoms with Gasteiger partial charge in [-0.1, -0.05) is 91.0 Å². The van der Waals surface area contributed by atoms with Gasteiger partial charge in [0, 0.05) is 19.7 Å². The molecule has 0 radical (unpaired) electrons. The molecule has 4 aromatic rings. The van der Waals surface area contributed by atoms with Gasteiger partial charge in [-0.25, -0.2) is 9.78 Å². The molecule has 0 saturated carbocycles. The third-order valence-corrected chi connectivity index (χ3v) is 5.94. The number of amides is 1. The predicted molar refractivity (Wildman–Crippen MR) is 126 cm³/mol. The molecule has 6 heteroatoms. The van der Waals surface area contributed by atoms with Crippen molar-refractivity contribution in [3.63, 3.8) is 0 Å². The summed E-state index contributed by atoms with van der Waals surface area (Å²) in [4.78, 5) is 28.6. The van der Waals surface area contributed by atoms with Gasteiger partial charge in [0.1, 0.15) is 11.6 Å². The molecular formula is C27H25N3O3. The zero-order chi connectivity index (χ0) is 23.3. The van der Waals surface area contributed by atoms with Crippen LogP contribution in [0.3, 0.4) is 0 Å². The van der Waals surface area contributed by atoms with Crippen LogP contribution in [0.25, 0.3) is 0 Å². The molecule has 33 heavy (non-hydrogen) atoms. The van der Waals surface area contributed by atoms with E-state index in [4.69, 9.17) is 0 Å². The summed E-state index contributed by atoms with van der Waals surface area (Å²) >= 11 is 0. The van der Waals surface area contributed by atoms with Gasteiger partial charge < -0.3 is 14.6 Å². The number of aliphatic carboxylic acids is 1. The number of carbonyl (C=O) groups excluding carboxylic acids is 1. The van der Waals surface area contributed by atoms with Crippen LogP contribution in [0.4, 0.5) is 0 Å². The smallest absolute Gasteiger partial charge is 0.326 e. The van der Waals surface area contributed by atoms with E-state index >= 15 is 0 Å². The molecule has 0 aliphatic rings. The highest BCUT2D eigenvalue weighted by Gasteiger charge is 2.38. The molecule has 3 aromatic carbocycles. The van der Waals surface area contributed by atoms with Gasteiger partial charge in [0.05, 0.1) is 12.0 Å². The molecule has 1 heterocycles. The Bertz CT molecular complexity index is 1110. The second kappa shape index (κ2) is 9.53. The largest absolute Gasteiger partial charge is 0.480 e. The fraction of sp³-hybridized carbons (Fsp3) is 0.148. The van der Waals surface area contributed by atoms with Crippen LogP contribution in [0, 0.1) is 0 Å². The van der Waals surface area contributed by atoms with Crippen molar-refractivity contribution < 1.29 is 14.7 Å². The van der Waals surface area contributed by atoms with E-state index in [0.717, 1.165) is 21.6 Å². The number of nitrogens with zero attached hydrogens (tertiary/aromatic N) is 3. The Kier molecular flexibility index (Phi) is 6.36. The maximum absolute atomic E-state index is 11.7. The molecule has 0 aliphatic heterocycles. The van der Waals surface area contributed by atoms with Crippen molar-refractivity contribution in [1.29, 1.82) is 0 Å². The molecule has 6 nitrogen and oxygen atoms in total. The van der Waals surface area contributed by atoms with E-state index in [1.54, 1.807) is 6.33 Å². The molecule has 1 N–H and O–H groups in total. The van der Waals surface area contributed by atoms with Crippen molar-refractivity contribution in [1.82, 2.24) is 14.5 Å². The highest BCUT2D eigenvalue weighted by molar-refractivity contribution is 5.76. The number of hydrogen-bond acceptors (Lipinski definition) is 3. The third-order valence-electron chi connectivity index (χ3n) is 5.94. The lowest BCUT2D eigenvalue weighted by Crippen LogP contribution is -2.39. The van der Waals surface area contributed by atoms with Gasteiger partial charge in [0.25, 0.3) is 0 Å². The Morgan fingerprint density at radius 2 is 1.39 bits per heavy atom. The van der Waals surface area contributed by atoms with Gasteiger partial charge in [-0.3, -0.25) is 4.79 Å². The van der Waals surface area contributed by atoms with Crippen LogP contribution in [0.1, 0.15) is 22.4 Å². The summed E-state index contributed by atoms with van der Waals surface area (Å²) in [6, 6.07) is 29.5. The van der Waals surface area contributed by atoms with E-state index in [1.807, 2.05) is 65.4 Å². The van der Waals surface area contributed by atoms with Crippen LogP contribution < -0.4 is 0 Å². The van der Waals surface area contributed by atoms with E-state index in [1.165, 1.54) is 7.05 Å². The lowest BCUT2D eigenvalue weighted by molar-refractivity contribution is -0.145. The molecule has 1 aromatic heterocycles. The summed E-state index contributed by atoms with van der Waals surface area (Å²) < 4.78 is 2.03. The standard InChI is InChI=1S/C27H25N3O3/c1-29(20-31)25(26(32)33)17-24-18-30(19-28-24)27(21-11-5-2-6-12-21,22-13-7-3-8-14-22)23-15-9-4-10-16-23/h2-16,18-20,25H,17H2,1H3,(H,32,33)/t25-/m0/s1. The molecule has 1 atom stereocenters. The van der Waals surface area contributed by atoms with Crippen molar-refractivity contribution in [3.05, 3.63) is 126 Å². The van der Waals surface area contributed by atoms with E-state index in [-0.39, 0.29) is 6.42 Å². The molecule has 0 aliphatic carbocycles. The fourth-order valence-corrected chi connectivity index (χ4v) is 4.31. The number of benzene rings is 3. The normalized spacial score (nSPS) is 12.2. The lowest BCUT2D eigenvalue weighted by Gasteiger charge is -2.37. The van der Waals surface area contributed by atoms with Crippen LogP contribution in [0.5, 0.6) is 0 Å². The van der Waals surface area contributed by atoms with E-state index in [0.29, 0.717) is 12.1 Å². The number of carboxylic acid groups (broad SMARTS) is 1. The summed E-state index contributed by atoms with van der Waals surface area (Å²) in [6.07, 6.45) is 4.24. The SMILES string of the molecule is CN(C=O)[C@@H](Cc1cn(C(c2ccccc2)(c2ccccc2)c2ccccc2)cn1)C(=O)O. The number of imidazole rings is 1. The number of carboxylic acids is 1. The van der Waals surface area contributed by atoms with Crippen LogP contribution in [0.15, 0.2) is 104 Å². The molecule has 0 bridgehead atoms. The maximum Gasteiger partial charge on any atom is 0.326 e. The van der Waals surface area contributed by atoms with E-state index < -0.39 is 17.6 Å². The topological polar surface area (TPSA) is 75.4 Å². The number of carbonyl (C=O) groups is 2. The van der Waals surface area contributed by atoms with Crippen LogP contribution in [-0.2, 0) is 21.5 Å². The van der Waals surface area contributed by atoms with Crippen LogP contribution in [0.2, 0.25) is 0 Å². The molecule has 1 amide bonds. The monoisotopic (exact) mass is 439 g/mol. The zero-order valence-corrected chi connectivity index (χ0v) is 18.3. The Morgan fingerprint density at radius 1 is 0.939 bits per heavy atom. The minimum atomic E-state index is -1.07. The first-order valence-corrected chi connectivity index (χ1v) is 10.7. The van der Waals surface area contributed by atoms with Crippen molar-refractivity contribution in [3.8, 4) is 0 Å². The Balaban J connectivity index is 1.92. The molecular weight excluding hydrogens is 414 g/mol. The Labute approximate surface area is 192 Å². The van der Waals surface area contributed by atoms with Crippen molar-refractivity contribution in [2.45, 2.75) is 18.0 Å². The summed E-state index contributed by atoms with van der Waals surface area (Å²) in [5.74, 6) is -1.07. The van der Waals surface area contributed by atoms with Crippen LogP contribution in [-0.4, -0.2) is 45.0 Å². The highest BCUT2D eigenvalue weighted by atomic mass is 16.4. The third kappa shape index (κ3) is 4.15. The zero-order valence-electron chi connectivity index (χ0n) is 18.3. The van der Waals surface area contributed by atoms with Gasteiger partial charge in [0.2, 0.25) is 6.41 Å². The van der Waals surface area contributed by atoms with Gasteiger partial charge >= 0.3 is 5.97 Å². The molecule has 4 rings (SSSR count). The first kappa shape index (κ1) is 22.0. The average molecular weight is 440 g/mol. The van der Waals surface area contributed by atoms with Gasteiger partial charge in [-0.15, -0.1) is 0 Å². The number of aromatic nitrogens is 2. The number of likely N-dealkylation sites (N-methyl/N-ethyl adjacent to an activating group) is 1. The predicted octanol–water partition coefficient (Wildman–Crippen LogP) is 3.81. The van der Waals surface area contributed by atoms with E-state index in [2.05, 4.69) is 41.4 Å². The lowest BCUT2D eigenvalue weighted by atomic mass is 9.77. The first-order valence-electron chi connectivity index (χ1n) is 10.7. The summed E-state index contributed by atoms with van der Waals surface area (Å²) in [5.41, 5.74) is 3.01. The molecule has 0 unspecified atom stereocenters. The Hall–Kier alpha value is -4.19. The van der Waals surface area contributed by atoms with E-state index in [9.17, 15) is 14.7 Å². The van der Waals surface area contributed by atoms with Crippen molar-refractivity contribution in [2.75, 3.05) is 7.05 Å². The van der Waals surface area contributed by atoms with Crippen molar-refractivity contribution >= 4 is 12.4 Å².